The number of methoxy groups -OCH3 is 1. The SMILES string of the molecule is CCCc1cccc(C=Cc2c(Cl)cc(Cl)c(=O)n2CCc2ccc(C(=O)OC)cc2)c1. The summed E-state index contributed by atoms with van der Waals surface area (Å²) in [5, 5.41) is 0.495. The number of ether oxygens (including phenoxy) is 1. The van der Waals surface area contributed by atoms with Crippen LogP contribution in [0.1, 0.15) is 46.1 Å². The number of esters is 1. The van der Waals surface area contributed by atoms with Crippen LogP contribution in [0.2, 0.25) is 10.0 Å². The summed E-state index contributed by atoms with van der Waals surface area (Å²) in [6, 6.07) is 16.9. The molecule has 3 aromatic rings. The summed E-state index contributed by atoms with van der Waals surface area (Å²) >= 11 is 12.6. The first-order valence-corrected chi connectivity index (χ1v) is 11.2. The van der Waals surface area contributed by atoms with Crippen LogP contribution in [0.3, 0.4) is 0 Å². The monoisotopic (exact) mass is 469 g/mol. The van der Waals surface area contributed by atoms with Crippen LogP contribution in [0.25, 0.3) is 12.2 Å². The van der Waals surface area contributed by atoms with Crippen molar-refractivity contribution in [2.45, 2.75) is 32.7 Å². The molecule has 0 bridgehead atoms. The smallest absolute Gasteiger partial charge is 0.337 e. The van der Waals surface area contributed by atoms with Crippen molar-refractivity contribution in [2.75, 3.05) is 7.11 Å². The largest absolute Gasteiger partial charge is 0.465 e. The third-order valence-electron chi connectivity index (χ3n) is 5.16. The van der Waals surface area contributed by atoms with E-state index >= 15 is 0 Å². The van der Waals surface area contributed by atoms with Crippen molar-refractivity contribution in [3.05, 3.63) is 103 Å². The molecule has 0 aliphatic rings. The Morgan fingerprint density at radius 1 is 0.969 bits per heavy atom. The van der Waals surface area contributed by atoms with Crippen LogP contribution in [0.4, 0.5) is 0 Å². The normalized spacial score (nSPS) is 11.1. The lowest BCUT2D eigenvalue weighted by atomic mass is 10.1. The minimum Gasteiger partial charge on any atom is -0.465 e. The van der Waals surface area contributed by atoms with Gasteiger partial charge in [0.05, 0.1) is 23.4 Å². The molecule has 0 fully saturated rings. The average Bonchev–Trinajstić information content (AvgIpc) is 2.80. The van der Waals surface area contributed by atoms with E-state index in [1.807, 2.05) is 36.4 Å². The molecule has 166 valence electrons. The third kappa shape index (κ3) is 5.90. The van der Waals surface area contributed by atoms with Crippen LogP contribution in [-0.4, -0.2) is 17.6 Å². The Kier molecular flexibility index (Phi) is 8.32. The highest BCUT2D eigenvalue weighted by molar-refractivity contribution is 6.35. The first-order chi connectivity index (χ1) is 15.4. The Bertz CT molecular complexity index is 1180. The summed E-state index contributed by atoms with van der Waals surface area (Å²) in [5.41, 5.74) is 4.08. The summed E-state index contributed by atoms with van der Waals surface area (Å²) in [7, 11) is 1.35. The maximum Gasteiger partial charge on any atom is 0.337 e. The van der Waals surface area contributed by atoms with Crippen molar-refractivity contribution in [1.29, 1.82) is 0 Å². The Morgan fingerprint density at radius 3 is 2.41 bits per heavy atom. The molecule has 0 unspecified atom stereocenters. The number of nitrogens with zero attached hydrogens (tertiary/aromatic N) is 1. The molecule has 0 aliphatic heterocycles. The minimum absolute atomic E-state index is 0.0816. The van der Waals surface area contributed by atoms with E-state index in [0.717, 1.165) is 24.0 Å². The van der Waals surface area contributed by atoms with Gasteiger partial charge in [-0.3, -0.25) is 4.79 Å². The zero-order chi connectivity index (χ0) is 23.1. The van der Waals surface area contributed by atoms with Crippen LogP contribution >= 0.6 is 23.2 Å². The Balaban J connectivity index is 1.87. The van der Waals surface area contributed by atoms with Gasteiger partial charge in [0.25, 0.3) is 5.56 Å². The highest BCUT2D eigenvalue weighted by Crippen LogP contribution is 2.22. The summed E-state index contributed by atoms with van der Waals surface area (Å²) in [6.07, 6.45) is 6.48. The van der Waals surface area contributed by atoms with Crippen molar-refractivity contribution in [2.24, 2.45) is 0 Å². The number of carbonyl (C=O) groups excluding carboxylic acids is 1. The Morgan fingerprint density at radius 2 is 1.72 bits per heavy atom. The molecule has 0 amide bonds. The molecular weight excluding hydrogens is 445 g/mol. The number of pyridine rings is 1. The van der Waals surface area contributed by atoms with E-state index in [2.05, 4.69) is 19.1 Å². The molecule has 0 aliphatic carbocycles. The topological polar surface area (TPSA) is 48.3 Å². The van der Waals surface area contributed by atoms with Gasteiger partial charge in [-0.15, -0.1) is 0 Å². The molecule has 0 saturated carbocycles. The van der Waals surface area contributed by atoms with Gasteiger partial charge in [0.1, 0.15) is 5.02 Å². The lowest BCUT2D eigenvalue weighted by Gasteiger charge is -2.13. The maximum atomic E-state index is 12.8. The maximum absolute atomic E-state index is 12.8. The van der Waals surface area contributed by atoms with Crippen molar-refractivity contribution in [1.82, 2.24) is 4.57 Å². The zero-order valence-electron chi connectivity index (χ0n) is 18.1. The van der Waals surface area contributed by atoms with E-state index in [4.69, 9.17) is 27.9 Å². The molecule has 1 heterocycles. The van der Waals surface area contributed by atoms with Crippen LogP contribution < -0.4 is 5.56 Å². The van der Waals surface area contributed by atoms with Gasteiger partial charge < -0.3 is 9.30 Å². The molecule has 6 heteroatoms. The van der Waals surface area contributed by atoms with Crippen molar-refractivity contribution in [3.63, 3.8) is 0 Å². The average molecular weight is 470 g/mol. The minimum atomic E-state index is -0.384. The number of hydrogen-bond donors (Lipinski definition) is 0. The molecule has 32 heavy (non-hydrogen) atoms. The van der Waals surface area contributed by atoms with Gasteiger partial charge in [-0.1, -0.05) is 79.0 Å². The van der Waals surface area contributed by atoms with Crippen LogP contribution in [-0.2, 0) is 24.1 Å². The number of halogens is 2. The highest BCUT2D eigenvalue weighted by atomic mass is 35.5. The van der Waals surface area contributed by atoms with Gasteiger partial charge in [-0.25, -0.2) is 4.79 Å². The van der Waals surface area contributed by atoms with E-state index in [1.54, 1.807) is 16.7 Å². The number of aryl methyl sites for hydroxylation is 2. The lowest BCUT2D eigenvalue weighted by Crippen LogP contribution is -2.24. The molecule has 1 aromatic heterocycles. The fourth-order valence-electron chi connectivity index (χ4n) is 3.49. The number of aromatic nitrogens is 1. The van der Waals surface area contributed by atoms with E-state index in [-0.39, 0.29) is 16.6 Å². The van der Waals surface area contributed by atoms with Gasteiger partial charge in [0, 0.05) is 6.54 Å². The number of rotatable bonds is 8. The number of benzene rings is 2. The summed E-state index contributed by atoms with van der Waals surface area (Å²) in [5.74, 6) is -0.384. The summed E-state index contributed by atoms with van der Waals surface area (Å²) in [6.45, 7) is 2.55. The van der Waals surface area contributed by atoms with Gasteiger partial charge >= 0.3 is 5.97 Å². The van der Waals surface area contributed by atoms with Gasteiger partial charge in [-0.2, -0.15) is 0 Å². The second-order valence-electron chi connectivity index (χ2n) is 7.45. The number of hydrogen-bond acceptors (Lipinski definition) is 3. The fraction of sp³-hybridized carbons (Fsp3) is 0.231. The second-order valence-corrected chi connectivity index (χ2v) is 8.26. The van der Waals surface area contributed by atoms with Gasteiger partial charge in [0.2, 0.25) is 0 Å². The van der Waals surface area contributed by atoms with Gasteiger partial charge in [0.15, 0.2) is 0 Å². The molecule has 0 atom stereocenters. The van der Waals surface area contributed by atoms with Crippen LogP contribution in [0.5, 0.6) is 0 Å². The van der Waals surface area contributed by atoms with E-state index < -0.39 is 0 Å². The molecule has 0 saturated heterocycles. The predicted molar refractivity (Wildman–Crippen MR) is 132 cm³/mol. The third-order valence-corrected chi connectivity index (χ3v) is 5.73. The Labute approximate surface area is 198 Å². The highest BCUT2D eigenvalue weighted by Gasteiger charge is 2.12. The fourth-order valence-corrected chi connectivity index (χ4v) is 4.03. The Hall–Kier alpha value is -2.82. The van der Waals surface area contributed by atoms with E-state index in [0.29, 0.717) is 29.2 Å². The van der Waals surface area contributed by atoms with Crippen LogP contribution in [0.15, 0.2) is 59.4 Å². The molecular formula is C26H25Cl2NO3. The van der Waals surface area contributed by atoms with Crippen molar-refractivity contribution in [3.8, 4) is 0 Å². The first-order valence-electron chi connectivity index (χ1n) is 10.5. The van der Waals surface area contributed by atoms with E-state index in [9.17, 15) is 9.59 Å². The zero-order valence-corrected chi connectivity index (χ0v) is 19.6. The second kappa shape index (κ2) is 11.2. The van der Waals surface area contributed by atoms with Gasteiger partial charge in [-0.05, 0) is 53.8 Å². The first kappa shape index (κ1) is 23.8. The van der Waals surface area contributed by atoms with E-state index in [1.165, 1.54) is 18.7 Å². The molecule has 2 aromatic carbocycles. The molecule has 3 rings (SSSR count). The lowest BCUT2D eigenvalue weighted by molar-refractivity contribution is 0.0600. The van der Waals surface area contributed by atoms with Crippen LogP contribution in [0, 0.1) is 0 Å². The number of carbonyl (C=O) groups is 1. The van der Waals surface area contributed by atoms with Crippen molar-refractivity contribution < 1.29 is 9.53 Å². The molecule has 0 spiro atoms. The molecule has 4 nitrogen and oxygen atoms in total. The summed E-state index contributed by atoms with van der Waals surface area (Å²) in [4.78, 5) is 24.4. The predicted octanol–water partition coefficient (Wildman–Crippen LogP) is 6.31. The van der Waals surface area contributed by atoms with Crippen molar-refractivity contribution >= 4 is 41.3 Å². The molecule has 0 N–H and O–H groups in total. The quantitative estimate of drug-likeness (QED) is 0.363. The molecule has 0 radical (unpaired) electrons. The standard InChI is InChI=1S/C26H25Cl2NO3/c1-3-5-19-6-4-7-20(16-19)10-13-24-22(27)17-23(28)25(30)29(24)15-14-18-8-11-21(12-9-18)26(31)32-2/h4,6-13,16-17H,3,5,14-15H2,1-2H3. The summed E-state index contributed by atoms with van der Waals surface area (Å²) < 4.78 is 6.31.